The largest absolute Gasteiger partial charge is 0.379 e. The normalized spacial score (nSPS) is 10.2. The van der Waals surface area contributed by atoms with Crippen LogP contribution in [-0.2, 0) is 6.54 Å². The van der Waals surface area contributed by atoms with Gasteiger partial charge in [-0.05, 0) is 37.6 Å². The summed E-state index contributed by atoms with van der Waals surface area (Å²) in [6.07, 6.45) is 1.74. The van der Waals surface area contributed by atoms with Crippen LogP contribution < -0.4 is 10.6 Å². The lowest BCUT2D eigenvalue weighted by molar-refractivity contribution is 0.0962. The molecular formula is C15H18N4O. The minimum Gasteiger partial charge on any atom is -0.379 e. The Bertz CT molecular complexity index is 625. The molecule has 0 aliphatic heterocycles. The number of hydrogen-bond donors (Lipinski definition) is 2. The van der Waals surface area contributed by atoms with E-state index in [1.807, 2.05) is 38.1 Å². The van der Waals surface area contributed by atoms with Gasteiger partial charge in [-0.1, -0.05) is 6.07 Å². The number of anilines is 1. The molecule has 1 aromatic heterocycles. The van der Waals surface area contributed by atoms with E-state index >= 15 is 0 Å². The lowest BCUT2D eigenvalue weighted by atomic mass is 10.1. The van der Waals surface area contributed by atoms with Gasteiger partial charge in [-0.25, -0.2) is 9.97 Å². The molecule has 5 nitrogen and oxygen atoms in total. The van der Waals surface area contributed by atoms with Gasteiger partial charge in [0.15, 0.2) is 0 Å². The lowest BCUT2D eigenvalue weighted by Crippen LogP contribution is -2.19. The average molecular weight is 270 g/mol. The summed E-state index contributed by atoms with van der Waals surface area (Å²) in [7, 11) is 1.63. The summed E-state index contributed by atoms with van der Waals surface area (Å²) in [5.74, 6) is 0.671. The topological polar surface area (TPSA) is 66.9 Å². The summed E-state index contributed by atoms with van der Waals surface area (Å²) in [6.45, 7) is 4.39. The van der Waals surface area contributed by atoms with Gasteiger partial charge in [-0.2, -0.15) is 0 Å². The Morgan fingerprint density at radius 3 is 2.75 bits per heavy atom. The van der Waals surface area contributed by atoms with E-state index in [0.717, 1.165) is 22.8 Å². The SMILES string of the molecule is CNC(=O)c1cccc(NCc2ccnc(C)n2)c1C. The van der Waals surface area contributed by atoms with Crippen molar-refractivity contribution < 1.29 is 4.79 Å². The minimum atomic E-state index is -0.0796. The molecule has 0 bridgehead atoms. The molecule has 0 fully saturated rings. The lowest BCUT2D eigenvalue weighted by Gasteiger charge is -2.12. The van der Waals surface area contributed by atoms with Gasteiger partial charge in [0.05, 0.1) is 12.2 Å². The first-order valence-corrected chi connectivity index (χ1v) is 6.46. The molecule has 2 rings (SSSR count). The number of aromatic nitrogens is 2. The molecule has 104 valence electrons. The molecule has 1 heterocycles. The maximum atomic E-state index is 11.7. The number of nitrogens with one attached hydrogen (secondary N) is 2. The molecule has 1 aromatic carbocycles. The number of carbonyl (C=O) groups is 1. The van der Waals surface area contributed by atoms with Crippen molar-refractivity contribution in [3.63, 3.8) is 0 Å². The molecule has 1 amide bonds. The molecule has 0 radical (unpaired) electrons. The number of rotatable bonds is 4. The quantitative estimate of drug-likeness (QED) is 0.892. The summed E-state index contributed by atoms with van der Waals surface area (Å²) in [4.78, 5) is 20.2. The van der Waals surface area contributed by atoms with Crippen molar-refractivity contribution in [1.29, 1.82) is 0 Å². The van der Waals surface area contributed by atoms with Crippen LogP contribution in [0.15, 0.2) is 30.5 Å². The highest BCUT2D eigenvalue weighted by Gasteiger charge is 2.09. The Balaban J connectivity index is 2.16. The highest BCUT2D eigenvalue weighted by molar-refractivity contribution is 5.96. The van der Waals surface area contributed by atoms with Gasteiger partial charge in [0.2, 0.25) is 0 Å². The van der Waals surface area contributed by atoms with Crippen molar-refractivity contribution in [3.05, 3.63) is 53.1 Å². The van der Waals surface area contributed by atoms with Gasteiger partial charge >= 0.3 is 0 Å². The van der Waals surface area contributed by atoms with E-state index in [9.17, 15) is 4.79 Å². The smallest absolute Gasteiger partial charge is 0.251 e. The van der Waals surface area contributed by atoms with Gasteiger partial charge in [0, 0.05) is 24.5 Å². The monoisotopic (exact) mass is 270 g/mol. The zero-order valence-electron chi connectivity index (χ0n) is 11.9. The first-order chi connectivity index (χ1) is 9.61. The standard InChI is InChI=1S/C15H18N4O/c1-10-13(15(20)16-3)5-4-6-14(10)18-9-12-7-8-17-11(2)19-12/h4-8,18H,9H2,1-3H3,(H,16,20). The third-order valence-corrected chi connectivity index (χ3v) is 3.10. The molecule has 0 aliphatic carbocycles. The predicted octanol–water partition coefficient (Wildman–Crippen LogP) is 2.07. The van der Waals surface area contributed by atoms with Crippen LogP contribution in [0.5, 0.6) is 0 Å². The van der Waals surface area contributed by atoms with Crippen LogP contribution in [0.25, 0.3) is 0 Å². The Kier molecular flexibility index (Phi) is 4.30. The maximum absolute atomic E-state index is 11.7. The number of benzene rings is 1. The van der Waals surface area contributed by atoms with Crippen molar-refractivity contribution >= 4 is 11.6 Å². The number of carbonyl (C=O) groups excluding carboxylic acids is 1. The van der Waals surface area contributed by atoms with E-state index in [2.05, 4.69) is 20.6 Å². The summed E-state index contributed by atoms with van der Waals surface area (Å²) >= 11 is 0. The third kappa shape index (κ3) is 3.12. The maximum Gasteiger partial charge on any atom is 0.251 e. The Morgan fingerprint density at radius 1 is 1.25 bits per heavy atom. The van der Waals surface area contributed by atoms with Crippen LogP contribution >= 0.6 is 0 Å². The van der Waals surface area contributed by atoms with Crippen molar-refractivity contribution in [1.82, 2.24) is 15.3 Å². The van der Waals surface area contributed by atoms with Gasteiger partial charge < -0.3 is 10.6 Å². The fraction of sp³-hybridized carbons (Fsp3) is 0.267. The zero-order valence-corrected chi connectivity index (χ0v) is 11.9. The molecule has 2 N–H and O–H groups in total. The fourth-order valence-corrected chi connectivity index (χ4v) is 2.00. The Labute approximate surface area is 118 Å². The van der Waals surface area contributed by atoms with Gasteiger partial charge in [0.1, 0.15) is 5.82 Å². The first-order valence-electron chi connectivity index (χ1n) is 6.46. The van der Waals surface area contributed by atoms with Crippen LogP contribution in [0.1, 0.15) is 27.4 Å². The van der Waals surface area contributed by atoms with Gasteiger partial charge in [-0.15, -0.1) is 0 Å². The van der Waals surface area contributed by atoms with E-state index in [4.69, 9.17) is 0 Å². The summed E-state index contributed by atoms with van der Waals surface area (Å²) in [5, 5.41) is 5.95. The number of hydrogen-bond acceptors (Lipinski definition) is 4. The molecule has 0 saturated carbocycles. The minimum absolute atomic E-state index is 0.0796. The predicted molar refractivity (Wildman–Crippen MR) is 78.7 cm³/mol. The number of aryl methyl sites for hydroxylation is 1. The second kappa shape index (κ2) is 6.14. The highest BCUT2D eigenvalue weighted by atomic mass is 16.1. The average Bonchev–Trinajstić information content (AvgIpc) is 2.45. The van der Waals surface area contributed by atoms with Crippen molar-refractivity contribution in [2.24, 2.45) is 0 Å². The molecular weight excluding hydrogens is 252 g/mol. The van der Waals surface area contributed by atoms with Crippen molar-refractivity contribution in [2.75, 3.05) is 12.4 Å². The summed E-state index contributed by atoms with van der Waals surface area (Å²) < 4.78 is 0. The number of amides is 1. The second-order valence-corrected chi connectivity index (χ2v) is 4.51. The van der Waals surface area contributed by atoms with Crippen LogP contribution in [0.4, 0.5) is 5.69 Å². The molecule has 5 heteroatoms. The van der Waals surface area contributed by atoms with E-state index < -0.39 is 0 Å². The van der Waals surface area contributed by atoms with Crippen LogP contribution in [0.2, 0.25) is 0 Å². The zero-order chi connectivity index (χ0) is 14.5. The van der Waals surface area contributed by atoms with Gasteiger partial charge in [0.25, 0.3) is 5.91 Å². The van der Waals surface area contributed by atoms with Crippen LogP contribution in [0, 0.1) is 13.8 Å². The molecule has 0 atom stereocenters. The van der Waals surface area contributed by atoms with Crippen molar-refractivity contribution in [2.45, 2.75) is 20.4 Å². The van der Waals surface area contributed by atoms with Crippen molar-refractivity contribution in [3.8, 4) is 0 Å². The second-order valence-electron chi connectivity index (χ2n) is 4.51. The van der Waals surface area contributed by atoms with E-state index in [1.54, 1.807) is 13.2 Å². The molecule has 0 saturated heterocycles. The molecule has 2 aromatic rings. The fourth-order valence-electron chi connectivity index (χ4n) is 2.00. The molecule has 0 unspecified atom stereocenters. The summed E-state index contributed by atoms with van der Waals surface area (Å²) in [6, 6.07) is 7.51. The molecule has 20 heavy (non-hydrogen) atoms. The van der Waals surface area contributed by atoms with Crippen LogP contribution in [0.3, 0.4) is 0 Å². The van der Waals surface area contributed by atoms with E-state index in [0.29, 0.717) is 12.1 Å². The van der Waals surface area contributed by atoms with E-state index in [-0.39, 0.29) is 5.91 Å². The Hall–Kier alpha value is -2.43. The first kappa shape index (κ1) is 14.0. The third-order valence-electron chi connectivity index (χ3n) is 3.10. The van der Waals surface area contributed by atoms with Gasteiger partial charge in [-0.3, -0.25) is 4.79 Å². The van der Waals surface area contributed by atoms with Crippen LogP contribution in [-0.4, -0.2) is 22.9 Å². The Morgan fingerprint density at radius 2 is 2.05 bits per heavy atom. The summed E-state index contributed by atoms with van der Waals surface area (Å²) in [5.41, 5.74) is 3.46. The molecule has 0 spiro atoms. The van der Waals surface area contributed by atoms with E-state index in [1.165, 1.54) is 0 Å². The molecule has 0 aliphatic rings. The highest BCUT2D eigenvalue weighted by Crippen LogP contribution is 2.19. The number of nitrogens with zero attached hydrogens (tertiary/aromatic N) is 2.